The summed E-state index contributed by atoms with van der Waals surface area (Å²) < 4.78 is 19.6. The fourth-order valence-corrected chi connectivity index (χ4v) is 3.59. The van der Waals surface area contributed by atoms with Crippen molar-refractivity contribution >= 4 is 12.4 Å². The van der Waals surface area contributed by atoms with Gasteiger partial charge >= 0.3 is 0 Å². The molecule has 1 aliphatic rings. The van der Waals surface area contributed by atoms with E-state index in [1.807, 2.05) is 36.4 Å². The first kappa shape index (κ1) is 21.2. The van der Waals surface area contributed by atoms with Gasteiger partial charge in [-0.1, -0.05) is 30.3 Å². The summed E-state index contributed by atoms with van der Waals surface area (Å²) in [5, 5.41) is 3.42. The third-order valence-corrected chi connectivity index (χ3v) is 4.98. The molecule has 2 heterocycles. The van der Waals surface area contributed by atoms with Crippen LogP contribution < -0.4 is 10.1 Å². The van der Waals surface area contributed by atoms with Gasteiger partial charge in [0.1, 0.15) is 18.2 Å². The van der Waals surface area contributed by atoms with Crippen molar-refractivity contribution in [3.8, 4) is 5.75 Å². The number of nitrogens with zero attached hydrogens (tertiary/aromatic N) is 2. The van der Waals surface area contributed by atoms with Crippen LogP contribution in [-0.4, -0.2) is 29.5 Å². The van der Waals surface area contributed by atoms with E-state index in [1.54, 1.807) is 18.3 Å². The maximum Gasteiger partial charge on any atom is 0.130 e. The molecule has 0 saturated carbocycles. The minimum absolute atomic E-state index is 0. The number of pyridine rings is 1. The van der Waals surface area contributed by atoms with Gasteiger partial charge in [-0.2, -0.15) is 0 Å². The minimum Gasteiger partial charge on any atom is -0.487 e. The van der Waals surface area contributed by atoms with Crippen molar-refractivity contribution in [1.29, 1.82) is 0 Å². The number of ether oxygens (including phenoxy) is 1. The summed E-state index contributed by atoms with van der Waals surface area (Å²) in [7, 11) is 0. The maximum atomic E-state index is 13.7. The van der Waals surface area contributed by atoms with Crippen molar-refractivity contribution in [1.82, 2.24) is 15.2 Å². The Labute approximate surface area is 177 Å². The van der Waals surface area contributed by atoms with Crippen LogP contribution in [0.3, 0.4) is 0 Å². The summed E-state index contributed by atoms with van der Waals surface area (Å²) in [5.74, 6) is 0.647. The molecule has 0 aliphatic carbocycles. The average Bonchev–Trinajstić information content (AvgIpc) is 2.74. The molecule has 1 aromatic heterocycles. The van der Waals surface area contributed by atoms with E-state index in [0.717, 1.165) is 43.2 Å². The zero-order chi connectivity index (χ0) is 19.2. The van der Waals surface area contributed by atoms with Crippen LogP contribution in [0, 0.1) is 5.82 Å². The highest BCUT2D eigenvalue weighted by atomic mass is 35.5. The van der Waals surface area contributed by atoms with Crippen LogP contribution in [0.2, 0.25) is 0 Å². The summed E-state index contributed by atoms with van der Waals surface area (Å²) in [4.78, 5) is 6.68. The topological polar surface area (TPSA) is 37.4 Å². The van der Waals surface area contributed by atoms with E-state index in [2.05, 4.69) is 27.3 Å². The summed E-state index contributed by atoms with van der Waals surface area (Å²) in [6.07, 6.45) is 1.77. The number of hydrogen-bond acceptors (Lipinski definition) is 4. The second-order valence-electron chi connectivity index (χ2n) is 7.00. The SMILES string of the molecule is Cl.Fc1cccc(C2CNCCN2Cc2cccc(OCc3ccccn3)c2)c1. The molecule has 0 radical (unpaired) electrons. The van der Waals surface area contributed by atoms with E-state index in [-0.39, 0.29) is 24.3 Å². The standard InChI is InChI=1S/C23H24FN3O.ClH/c24-20-7-4-6-19(14-20)23-15-25-11-12-27(23)16-18-5-3-9-22(13-18)28-17-21-8-1-2-10-26-21;/h1-10,13-14,23,25H,11-12,15-17H2;1H. The monoisotopic (exact) mass is 413 g/mol. The second-order valence-corrected chi connectivity index (χ2v) is 7.00. The first-order valence-electron chi connectivity index (χ1n) is 9.60. The Kier molecular flexibility index (Phi) is 7.58. The Morgan fingerprint density at radius 3 is 2.79 bits per heavy atom. The Balaban J connectivity index is 0.00000240. The zero-order valence-corrected chi connectivity index (χ0v) is 16.9. The lowest BCUT2D eigenvalue weighted by atomic mass is 10.0. The number of piperazine rings is 1. The molecular formula is C23H25ClFN3O. The molecular weight excluding hydrogens is 389 g/mol. The predicted octanol–water partition coefficient (Wildman–Crippen LogP) is 4.37. The average molecular weight is 414 g/mol. The van der Waals surface area contributed by atoms with E-state index in [1.165, 1.54) is 11.6 Å². The largest absolute Gasteiger partial charge is 0.487 e. The van der Waals surface area contributed by atoms with Crippen molar-refractivity contribution in [3.63, 3.8) is 0 Å². The van der Waals surface area contributed by atoms with Gasteiger partial charge in [0.15, 0.2) is 0 Å². The van der Waals surface area contributed by atoms with Crippen LogP contribution in [0.5, 0.6) is 5.75 Å². The number of halogens is 2. The minimum atomic E-state index is -0.187. The fraction of sp³-hybridized carbons (Fsp3) is 0.261. The van der Waals surface area contributed by atoms with E-state index < -0.39 is 0 Å². The van der Waals surface area contributed by atoms with Gasteiger partial charge < -0.3 is 10.1 Å². The molecule has 1 saturated heterocycles. The molecule has 1 aliphatic heterocycles. The maximum absolute atomic E-state index is 13.7. The Morgan fingerprint density at radius 2 is 1.97 bits per heavy atom. The van der Waals surface area contributed by atoms with Gasteiger partial charge in [0.25, 0.3) is 0 Å². The molecule has 1 unspecified atom stereocenters. The molecule has 0 spiro atoms. The van der Waals surface area contributed by atoms with Gasteiger partial charge in [0, 0.05) is 38.4 Å². The third-order valence-electron chi connectivity index (χ3n) is 4.98. The van der Waals surface area contributed by atoms with Crippen molar-refractivity contribution in [2.45, 2.75) is 19.2 Å². The smallest absolute Gasteiger partial charge is 0.130 e. The van der Waals surface area contributed by atoms with Crippen LogP contribution in [0.1, 0.15) is 22.9 Å². The molecule has 1 N–H and O–H groups in total. The van der Waals surface area contributed by atoms with E-state index in [4.69, 9.17) is 4.74 Å². The van der Waals surface area contributed by atoms with Crippen LogP contribution in [-0.2, 0) is 13.2 Å². The van der Waals surface area contributed by atoms with Crippen LogP contribution in [0.4, 0.5) is 4.39 Å². The molecule has 0 bridgehead atoms. The number of hydrogen-bond donors (Lipinski definition) is 1. The Bertz CT molecular complexity index is 909. The summed E-state index contributed by atoms with van der Waals surface area (Å²) in [5.41, 5.74) is 3.10. The molecule has 2 aromatic carbocycles. The van der Waals surface area contributed by atoms with E-state index in [0.29, 0.717) is 6.61 Å². The molecule has 4 rings (SSSR count). The van der Waals surface area contributed by atoms with Gasteiger partial charge in [-0.15, -0.1) is 12.4 Å². The quantitative estimate of drug-likeness (QED) is 0.651. The highest BCUT2D eigenvalue weighted by Gasteiger charge is 2.24. The Morgan fingerprint density at radius 1 is 1.07 bits per heavy atom. The molecule has 0 amide bonds. The van der Waals surface area contributed by atoms with Gasteiger partial charge in [-0.25, -0.2) is 4.39 Å². The first-order chi connectivity index (χ1) is 13.8. The second kappa shape index (κ2) is 10.3. The number of rotatable bonds is 6. The third kappa shape index (κ3) is 5.76. The van der Waals surface area contributed by atoms with Gasteiger partial charge in [0.05, 0.1) is 5.69 Å². The molecule has 6 heteroatoms. The summed E-state index contributed by atoms with van der Waals surface area (Å²) in [6, 6.07) is 21.0. The number of nitrogens with one attached hydrogen (secondary N) is 1. The lowest BCUT2D eigenvalue weighted by Gasteiger charge is -2.36. The highest BCUT2D eigenvalue weighted by Crippen LogP contribution is 2.26. The van der Waals surface area contributed by atoms with Crippen LogP contribution in [0.25, 0.3) is 0 Å². The van der Waals surface area contributed by atoms with Crippen molar-refractivity contribution in [2.75, 3.05) is 19.6 Å². The summed E-state index contributed by atoms with van der Waals surface area (Å²) in [6.45, 7) is 3.91. The normalized spacial score (nSPS) is 16.8. The van der Waals surface area contributed by atoms with E-state index in [9.17, 15) is 4.39 Å². The first-order valence-corrected chi connectivity index (χ1v) is 9.60. The van der Waals surface area contributed by atoms with Crippen LogP contribution in [0.15, 0.2) is 72.9 Å². The summed E-state index contributed by atoms with van der Waals surface area (Å²) >= 11 is 0. The van der Waals surface area contributed by atoms with Crippen molar-refractivity contribution in [3.05, 3.63) is 95.6 Å². The number of benzene rings is 2. The molecule has 29 heavy (non-hydrogen) atoms. The highest BCUT2D eigenvalue weighted by molar-refractivity contribution is 5.85. The Hall–Kier alpha value is -2.47. The predicted molar refractivity (Wildman–Crippen MR) is 115 cm³/mol. The lowest BCUT2D eigenvalue weighted by Crippen LogP contribution is -2.45. The zero-order valence-electron chi connectivity index (χ0n) is 16.1. The number of aromatic nitrogens is 1. The van der Waals surface area contributed by atoms with Crippen LogP contribution >= 0.6 is 12.4 Å². The van der Waals surface area contributed by atoms with Crippen molar-refractivity contribution < 1.29 is 9.13 Å². The lowest BCUT2D eigenvalue weighted by molar-refractivity contribution is 0.153. The fourth-order valence-electron chi connectivity index (χ4n) is 3.59. The molecule has 152 valence electrons. The molecule has 4 nitrogen and oxygen atoms in total. The molecule has 3 aromatic rings. The van der Waals surface area contributed by atoms with Gasteiger partial charge in [0.2, 0.25) is 0 Å². The van der Waals surface area contributed by atoms with Gasteiger partial charge in [-0.05, 0) is 47.5 Å². The van der Waals surface area contributed by atoms with Crippen molar-refractivity contribution in [2.24, 2.45) is 0 Å². The van der Waals surface area contributed by atoms with Gasteiger partial charge in [-0.3, -0.25) is 9.88 Å². The molecule has 1 atom stereocenters. The van der Waals surface area contributed by atoms with E-state index >= 15 is 0 Å². The molecule has 1 fully saturated rings.